The maximum absolute atomic E-state index is 13.5. The van der Waals surface area contributed by atoms with Crippen molar-refractivity contribution in [3.63, 3.8) is 0 Å². The zero-order chi connectivity index (χ0) is 24.8. The summed E-state index contributed by atoms with van der Waals surface area (Å²) in [5, 5.41) is 9.27. The summed E-state index contributed by atoms with van der Waals surface area (Å²) in [4.78, 5) is 31.8. The van der Waals surface area contributed by atoms with Gasteiger partial charge in [0.15, 0.2) is 6.10 Å². The Morgan fingerprint density at radius 1 is 1.09 bits per heavy atom. The molecule has 4 rings (SSSR count). The van der Waals surface area contributed by atoms with Crippen LogP contribution in [0.3, 0.4) is 0 Å². The number of hydrogen-bond donors (Lipinski definition) is 1. The van der Waals surface area contributed by atoms with Crippen molar-refractivity contribution in [3.05, 3.63) is 54.1 Å². The Balaban J connectivity index is 1.49. The predicted octanol–water partition coefficient (Wildman–Crippen LogP) is 6.23. The van der Waals surface area contributed by atoms with Crippen molar-refractivity contribution in [2.75, 3.05) is 0 Å². The smallest absolute Gasteiger partial charge is 0.344 e. The maximum Gasteiger partial charge on any atom is 0.344 e. The molecular formula is C29H36N2O4. The van der Waals surface area contributed by atoms with Crippen LogP contribution in [0.25, 0.3) is 11.1 Å². The summed E-state index contributed by atoms with van der Waals surface area (Å²) in [7, 11) is 0. The number of carbonyl (C=O) groups excluding carboxylic acids is 1. The second-order valence-corrected chi connectivity index (χ2v) is 9.69. The fraction of sp³-hybridized carbons (Fsp3) is 0.483. The van der Waals surface area contributed by atoms with Crippen LogP contribution in [0.1, 0.15) is 77.2 Å². The second-order valence-electron chi connectivity index (χ2n) is 9.69. The first-order chi connectivity index (χ1) is 17.0. The number of nitrogens with zero attached hydrogens (tertiary/aromatic N) is 2. The van der Waals surface area contributed by atoms with Crippen LogP contribution in [0.5, 0.6) is 5.75 Å². The van der Waals surface area contributed by atoms with Crippen molar-refractivity contribution >= 4 is 17.7 Å². The highest BCUT2D eigenvalue weighted by Gasteiger charge is 2.48. The normalized spacial score (nSPS) is 17.9. The fourth-order valence-corrected chi connectivity index (χ4v) is 5.08. The summed E-state index contributed by atoms with van der Waals surface area (Å²) in [6.07, 6.45) is 7.60. The summed E-state index contributed by atoms with van der Waals surface area (Å²) in [6, 6.07) is 15.7. The van der Waals surface area contributed by atoms with Gasteiger partial charge < -0.3 is 9.84 Å². The molecule has 1 unspecified atom stereocenters. The first-order valence-corrected chi connectivity index (χ1v) is 13.0. The van der Waals surface area contributed by atoms with Gasteiger partial charge in [0, 0.05) is 6.42 Å². The van der Waals surface area contributed by atoms with Crippen molar-refractivity contribution in [2.45, 2.75) is 89.8 Å². The molecular weight excluding hydrogens is 440 g/mol. The Labute approximate surface area is 208 Å². The standard InChI is InChI=1S/C29H36N2O4/c1-3-5-12-26-30-29(17-7-6-8-18-29)28(34)31(26)20-21-13-15-22(16-14-21)23-10-9-11-24(19-23)35-25(4-2)27(32)33/h9-11,13-16,19,25H,3-8,12,17-18,20H2,1-2H3,(H,32,33). The van der Waals surface area contributed by atoms with Crippen LogP contribution in [-0.2, 0) is 16.1 Å². The number of rotatable bonds is 10. The van der Waals surface area contributed by atoms with Crippen molar-refractivity contribution in [3.8, 4) is 16.9 Å². The minimum absolute atomic E-state index is 0.182. The molecule has 0 saturated heterocycles. The molecule has 2 aromatic carbocycles. The Bertz CT molecular complexity index is 1070. The lowest BCUT2D eigenvalue weighted by atomic mass is 9.82. The molecule has 1 spiro atoms. The molecule has 2 aromatic rings. The number of amidine groups is 1. The van der Waals surface area contributed by atoms with E-state index in [-0.39, 0.29) is 5.91 Å². The van der Waals surface area contributed by atoms with Gasteiger partial charge in [-0.05, 0) is 54.5 Å². The van der Waals surface area contributed by atoms with Crippen LogP contribution >= 0.6 is 0 Å². The van der Waals surface area contributed by atoms with E-state index in [4.69, 9.17) is 9.73 Å². The van der Waals surface area contributed by atoms with Crippen LogP contribution < -0.4 is 4.74 Å². The van der Waals surface area contributed by atoms with Crippen LogP contribution in [-0.4, -0.2) is 39.4 Å². The number of carbonyl (C=O) groups is 2. The number of amides is 1. The molecule has 1 saturated carbocycles. The van der Waals surface area contributed by atoms with Gasteiger partial charge >= 0.3 is 5.97 Å². The van der Waals surface area contributed by atoms with E-state index in [2.05, 4.69) is 19.1 Å². The Morgan fingerprint density at radius 2 is 1.83 bits per heavy atom. The second kappa shape index (κ2) is 11.1. The number of unbranched alkanes of at least 4 members (excludes halogenated alkanes) is 1. The predicted molar refractivity (Wildman–Crippen MR) is 138 cm³/mol. The number of aliphatic carboxylic acids is 1. The van der Waals surface area contributed by atoms with Crippen molar-refractivity contribution < 1.29 is 19.4 Å². The number of carboxylic acids is 1. The number of ether oxygens (including phenoxy) is 1. The van der Waals surface area contributed by atoms with Gasteiger partial charge in [0.2, 0.25) is 0 Å². The molecule has 186 valence electrons. The summed E-state index contributed by atoms with van der Waals surface area (Å²) in [5.74, 6) is 0.714. The van der Waals surface area contributed by atoms with Crippen LogP contribution in [0.2, 0.25) is 0 Å². The first-order valence-electron chi connectivity index (χ1n) is 13.0. The highest BCUT2D eigenvalue weighted by molar-refractivity contribution is 6.08. The molecule has 1 aliphatic heterocycles. The van der Waals surface area contributed by atoms with E-state index < -0.39 is 17.6 Å². The van der Waals surface area contributed by atoms with E-state index in [9.17, 15) is 14.7 Å². The molecule has 1 amide bonds. The third kappa shape index (κ3) is 5.58. The topological polar surface area (TPSA) is 79.2 Å². The SMILES string of the molecule is CCCCC1=NC2(CCCCC2)C(=O)N1Cc1ccc(-c2cccc(OC(CC)C(=O)O)c2)cc1. The molecule has 1 atom stereocenters. The van der Waals surface area contributed by atoms with Crippen LogP contribution in [0, 0.1) is 0 Å². The average molecular weight is 477 g/mol. The van der Waals surface area contributed by atoms with Crippen molar-refractivity contribution in [2.24, 2.45) is 4.99 Å². The monoisotopic (exact) mass is 476 g/mol. The van der Waals surface area contributed by atoms with E-state index in [0.717, 1.165) is 67.5 Å². The Kier molecular flexibility index (Phi) is 7.89. The molecule has 1 N–H and O–H groups in total. The Hall–Kier alpha value is -3.15. The molecule has 1 fully saturated rings. The quantitative estimate of drug-likeness (QED) is 0.441. The molecule has 0 radical (unpaired) electrons. The summed E-state index contributed by atoms with van der Waals surface area (Å²) in [5.41, 5.74) is 2.52. The number of benzene rings is 2. The van der Waals surface area contributed by atoms with E-state index in [0.29, 0.717) is 18.7 Å². The summed E-state index contributed by atoms with van der Waals surface area (Å²) in [6.45, 7) is 4.51. The van der Waals surface area contributed by atoms with Gasteiger partial charge in [-0.25, -0.2) is 4.79 Å². The third-order valence-electron chi connectivity index (χ3n) is 7.12. The summed E-state index contributed by atoms with van der Waals surface area (Å²) >= 11 is 0. The van der Waals surface area contributed by atoms with Gasteiger partial charge in [-0.3, -0.25) is 14.7 Å². The fourth-order valence-electron chi connectivity index (χ4n) is 5.08. The zero-order valence-corrected chi connectivity index (χ0v) is 20.8. The van der Waals surface area contributed by atoms with Gasteiger partial charge in [-0.2, -0.15) is 0 Å². The van der Waals surface area contributed by atoms with E-state index in [1.165, 1.54) is 6.42 Å². The number of hydrogen-bond acceptors (Lipinski definition) is 4. The first kappa shape index (κ1) is 25.0. The summed E-state index contributed by atoms with van der Waals surface area (Å²) < 4.78 is 5.65. The van der Waals surface area contributed by atoms with E-state index >= 15 is 0 Å². The lowest BCUT2D eigenvalue weighted by molar-refractivity contribution is -0.145. The minimum Gasteiger partial charge on any atom is -0.479 e. The van der Waals surface area contributed by atoms with Crippen molar-refractivity contribution in [1.82, 2.24) is 4.90 Å². The van der Waals surface area contributed by atoms with Crippen LogP contribution in [0.4, 0.5) is 0 Å². The largest absolute Gasteiger partial charge is 0.479 e. The molecule has 0 bridgehead atoms. The molecule has 0 aromatic heterocycles. The van der Waals surface area contributed by atoms with Crippen molar-refractivity contribution in [1.29, 1.82) is 0 Å². The zero-order valence-electron chi connectivity index (χ0n) is 20.8. The molecule has 6 nitrogen and oxygen atoms in total. The maximum atomic E-state index is 13.5. The lowest BCUT2D eigenvalue weighted by Crippen LogP contribution is -2.43. The lowest BCUT2D eigenvalue weighted by Gasteiger charge is -2.29. The average Bonchev–Trinajstić information content (AvgIpc) is 3.12. The number of carboxylic acid groups (broad SMARTS) is 1. The third-order valence-corrected chi connectivity index (χ3v) is 7.12. The van der Waals surface area contributed by atoms with E-state index in [1.54, 1.807) is 13.0 Å². The van der Waals surface area contributed by atoms with Gasteiger partial charge in [0.1, 0.15) is 17.1 Å². The van der Waals surface area contributed by atoms with Gasteiger partial charge in [-0.15, -0.1) is 0 Å². The molecule has 2 aliphatic rings. The minimum atomic E-state index is -0.962. The molecule has 6 heteroatoms. The van der Waals surface area contributed by atoms with Crippen LogP contribution in [0.15, 0.2) is 53.5 Å². The molecule has 35 heavy (non-hydrogen) atoms. The van der Waals surface area contributed by atoms with Gasteiger partial charge in [0.05, 0.1) is 6.54 Å². The highest BCUT2D eigenvalue weighted by Crippen LogP contribution is 2.39. The van der Waals surface area contributed by atoms with Gasteiger partial charge in [0.25, 0.3) is 5.91 Å². The highest BCUT2D eigenvalue weighted by atomic mass is 16.5. The molecule has 1 aliphatic carbocycles. The Morgan fingerprint density at radius 3 is 2.49 bits per heavy atom. The van der Waals surface area contributed by atoms with Gasteiger partial charge in [-0.1, -0.05) is 75.9 Å². The molecule has 1 heterocycles. The number of aliphatic imine (C=N–C) groups is 1. The van der Waals surface area contributed by atoms with E-state index in [1.807, 2.05) is 35.2 Å².